The van der Waals surface area contributed by atoms with Crippen LogP contribution in [0.3, 0.4) is 0 Å². The van der Waals surface area contributed by atoms with Gasteiger partial charge in [-0.15, -0.1) is 0 Å². The number of hydrogen-bond acceptors (Lipinski definition) is 3. The number of amides is 1. The van der Waals surface area contributed by atoms with Gasteiger partial charge in [0.15, 0.2) is 0 Å². The monoisotopic (exact) mass is 308 g/mol. The van der Waals surface area contributed by atoms with Crippen molar-refractivity contribution in [3.05, 3.63) is 42.0 Å². The third-order valence-electron chi connectivity index (χ3n) is 3.71. The van der Waals surface area contributed by atoms with Crippen LogP contribution in [0.5, 0.6) is 0 Å². The Hall–Kier alpha value is -1.66. The maximum atomic E-state index is 12.1. The predicted octanol–water partition coefficient (Wildman–Crippen LogP) is 1.87. The van der Waals surface area contributed by atoms with Crippen LogP contribution in [-0.2, 0) is 14.8 Å². The summed E-state index contributed by atoms with van der Waals surface area (Å²) in [5.41, 5.74) is 0.849. The van der Waals surface area contributed by atoms with Crippen molar-refractivity contribution in [1.29, 1.82) is 0 Å². The first-order valence-electron chi connectivity index (χ1n) is 6.96. The number of hydrogen-bond donors (Lipinski definition) is 2. The molecule has 0 heterocycles. The van der Waals surface area contributed by atoms with Crippen LogP contribution < -0.4 is 10.5 Å². The minimum atomic E-state index is -3.68. The fourth-order valence-electron chi connectivity index (χ4n) is 2.39. The largest absolute Gasteiger partial charge is 0.349 e. The average molecular weight is 308 g/mol. The third kappa shape index (κ3) is 4.15. The van der Waals surface area contributed by atoms with Gasteiger partial charge in [-0.2, -0.15) is 0 Å². The van der Waals surface area contributed by atoms with Crippen molar-refractivity contribution in [3.8, 4) is 0 Å². The number of sulfonamides is 1. The van der Waals surface area contributed by atoms with Gasteiger partial charge < -0.3 is 5.32 Å². The van der Waals surface area contributed by atoms with E-state index in [-0.39, 0.29) is 22.8 Å². The van der Waals surface area contributed by atoms with Gasteiger partial charge in [0, 0.05) is 5.92 Å². The van der Waals surface area contributed by atoms with E-state index in [1.54, 1.807) is 12.1 Å². The number of nitrogens with two attached hydrogens (primary N) is 1. The molecular weight excluding hydrogens is 288 g/mol. The molecule has 1 amide bonds. The molecule has 0 saturated carbocycles. The van der Waals surface area contributed by atoms with Crippen LogP contribution in [0.4, 0.5) is 0 Å². The van der Waals surface area contributed by atoms with Gasteiger partial charge in [-0.3, -0.25) is 4.79 Å². The number of allylic oxidation sites excluding steroid dienone is 2. The van der Waals surface area contributed by atoms with Crippen LogP contribution in [0, 0.1) is 5.92 Å². The molecule has 3 N–H and O–H groups in total. The van der Waals surface area contributed by atoms with E-state index in [4.69, 9.17) is 5.14 Å². The van der Waals surface area contributed by atoms with Crippen molar-refractivity contribution in [2.24, 2.45) is 11.1 Å². The standard InChI is InChI=1S/C15H20N2O3S/c1-11(17-15(18)13-5-3-2-4-6-13)12-7-9-14(10-8-12)21(16,19)20/h2-3,7-11,13H,4-6H2,1H3,(H,17,18)(H2,16,19,20)/t11-,13-/m1/s1. The van der Waals surface area contributed by atoms with Crippen molar-refractivity contribution in [3.63, 3.8) is 0 Å². The van der Waals surface area contributed by atoms with E-state index in [1.807, 2.05) is 13.0 Å². The normalized spacial score (nSPS) is 20.0. The molecule has 0 unspecified atom stereocenters. The Bertz CT molecular complexity index is 635. The minimum Gasteiger partial charge on any atom is -0.349 e. The van der Waals surface area contributed by atoms with Crippen LogP contribution in [0.15, 0.2) is 41.3 Å². The number of nitrogens with one attached hydrogen (secondary N) is 1. The second-order valence-corrected chi connectivity index (χ2v) is 6.89. The van der Waals surface area contributed by atoms with Crippen LogP contribution in [0.2, 0.25) is 0 Å². The summed E-state index contributed by atoms with van der Waals surface area (Å²) in [5, 5.41) is 8.03. The predicted molar refractivity (Wildman–Crippen MR) is 80.9 cm³/mol. The van der Waals surface area contributed by atoms with Crippen LogP contribution in [-0.4, -0.2) is 14.3 Å². The summed E-state index contributed by atoms with van der Waals surface area (Å²) in [6, 6.07) is 6.09. The van der Waals surface area contributed by atoms with Gasteiger partial charge in [-0.05, 0) is 43.9 Å². The fraction of sp³-hybridized carbons (Fsp3) is 0.400. The van der Waals surface area contributed by atoms with Crippen molar-refractivity contribution in [1.82, 2.24) is 5.32 Å². The van der Waals surface area contributed by atoms with Crippen molar-refractivity contribution < 1.29 is 13.2 Å². The smallest absolute Gasteiger partial charge is 0.238 e. The maximum absolute atomic E-state index is 12.1. The second kappa shape index (κ2) is 6.41. The molecule has 0 radical (unpaired) electrons. The van der Waals surface area contributed by atoms with Crippen LogP contribution in [0.1, 0.15) is 37.8 Å². The van der Waals surface area contributed by atoms with E-state index in [2.05, 4.69) is 11.4 Å². The molecule has 1 aliphatic carbocycles. The molecule has 2 rings (SSSR count). The third-order valence-corrected chi connectivity index (χ3v) is 4.64. The highest BCUT2D eigenvalue weighted by molar-refractivity contribution is 7.89. The maximum Gasteiger partial charge on any atom is 0.238 e. The lowest BCUT2D eigenvalue weighted by molar-refractivity contribution is -0.125. The Morgan fingerprint density at radius 2 is 1.95 bits per heavy atom. The van der Waals surface area contributed by atoms with Gasteiger partial charge in [0.2, 0.25) is 15.9 Å². The van der Waals surface area contributed by atoms with E-state index in [1.165, 1.54) is 12.1 Å². The van der Waals surface area contributed by atoms with Crippen LogP contribution >= 0.6 is 0 Å². The first-order chi connectivity index (χ1) is 9.88. The van der Waals surface area contributed by atoms with Gasteiger partial charge >= 0.3 is 0 Å². The summed E-state index contributed by atoms with van der Waals surface area (Å²) in [5.74, 6) is 0.0727. The van der Waals surface area contributed by atoms with Crippen molar-refractivity contribution in [2.45, 2.75) is 37.1 Å². The van der Waals surface area contributed by atoms with E-state index in [9.17, 15) is 13.2 Å². The summed E-state index contributed by atoms with van der Waals surface area (Å²) in [6.07, 6.45) is 6.73. The molecule has 5 nitrogen and oxygen atoms in total. The van der Waals surface area contributed by atoms with E-state index in [0.29, 0.717) is 0 Å². The first-order valence-corrected chi connectivity index (χ1v) is 8.50. The van der Waals surface area contributed by atoms with Crippen LogP contribution in [0.25, 0.3) is 0 Å². The Kier molecular flexibility index (Phi) is 4.80. The Labute approximate surface area is 125 Å². The van der Waals surface area contributed by atoms with Crippen molar-refractivity contribution in [2.75, 3.05) is 0 Å². The van der Waals surface area contributed by atoms with Gasteiger partial charge in [0.1, 0.15) is 0 Å². The summed E-state index contributed by atoms with van der Waals surface area (Å²) in [7, 11) is -3.68. The molecule has 21 heavy (non-hydrogen) atoms. The SMILES string of the molecule is C[C@@H](NC(=O)[C@@H]1CC=CCC1)c1ccc(S(N)(=O)=O)cc1. The summed E-state index contributed by atoms with van der Waals surface area (Å²) >= 11 is 0. The zero-order valence-electron chi connectivity index (χ0n) is 12.0. The molecule has 2 atom stereocenters. The molecule has 0 fully saturated rings. The average Bonchev–Trinajstić information content (AvgIpc) is 2.47. The highest BCUT2D eigenvalue weighted by Gasteiger charge is 2.20. The lowest BCUT2D eigenvalue weighted by atomic mass is 9.93. The number of benzene rings is 1. The van der Waals surface area contributed by atoms with Crippen molar-refractivity contribution >= 4 is 15.9 Å². The lowest BCUT2D eigenvalue weighted by Gasteiger charge is -2.21. The fourth-order valence-corrected chi connectivity index (χ4v) is 2.91. The summed E-state index contributed by atoms with van der Waals surface area (Å²) < 4.78 is 22.4. The summed E-state index contributed by atoms with van der Waals surface area (Å²) in [4.78, 5) is 12.2. The van der Waals surface area contributed by atoms with E-state index in [0.717, 1.165) is 24.8 Å². The van der Waals surface area contributed by atoms with Gasteiger partial charge in [-0.25, -0.2) is 13.6 Å². The molecule has 1 aliphatic rings. The van der Waals surface area contributed by atoms with Gasteiger partial charge in [0.05, 0.1) is 10.9 Å². The number of carbonyl (C=O) groups is 1. The Morgan fingerprint density at radius 1 is 1.29 bits per heavy atom. The van der Waals surface area contributed by atoms with E-state index >= 15 is 0 Å². The highest BCUT2D eigenvalue weighted by Crippen LogP contribution is 2.21. The number of primary sulfonamides is 1. The first kappa shape index (κ1) is 15.7. The molecule has 114 valence electrons. The lowest BCUT2D eigenvalue weighted by Crippen LogP contribution is -2.33. The molecular formula is C15H20N2O3S. The molecule has 0 spiro atoms. The molecule has 1 aromatic rings. The highest BCUT2D eigenvalue weighted by atomic mass is 32.2. The topological polar surface area (TPSA) is 89.3 Å². The molecule has 0 saturated heterocycles. The molecule has 0 aliphatic heterocycles. The second-order valence-electron chi connectivity index (χ2n) is 5.33. The summed E-state index contributed by atoms with van der Waals surface area (Å²) in [6.45, 7) is 1.88. The van der Waals surface area contributed by atoms with Gasteiger partial charge in [-0.1, -0.05) is 24.3 Å². The number of carbonyl (C=O) groups excluding carboxylic acids is 1. The zero-order chi connectivity index (χ0) is 15.5. The molecule has 6 heteroatoms. The Morgan fingerprint density at radius 3 is 2.48 bits per heavy atom. The Balaban J connectivity index is 2.01. The number of rotatable bonds is 4. The molecule has 0 bridgehead atoms. The minimum absolute atomic E-state index is 0.0288. The van der Waals surface area contributed by atoms with Gasteiger partial charge in [0.25, 0.3) is 0 Å². The quantitative estimate of drug-likeness (QED) is 0.832. The molecule has 1 aromatic carbocycles. The van der Waals surface area contributed by atoms with E-state index < -0.39 is 10.0 Å². The molecule has 0 aromatic heterocycles. The zero-order valence-corrected chi connectivity index (χ0v) is 12.8.